The summed E-state index contributed by atoms with van der Waals surface area (Å²) < 4.78 is 1.86. The highest BCUT2D eigenvalue weighted by Crippen LogP contribution is 2.09. The number of nitrogens with one attached hydrogen (secondary N) is 1. The number of tetrazole rings is 1. The molecule has 114 valence electrons. The van der Waals surface area contributed by atoms with Crippen LogP contribution in [0.3, 0.4) is 0 Å². The second kappa shape index (κ2) is 9.10. The minimum atomic E-state index is 0.748. The van der Waals surface area contributed by atoms with Crippen LogP contribution in [0.1, 0.15) is 51.0 Å². The zero-order valence-corrected chi connectivity index (χ0v) is 12.8. The van der Waals surface area contributed by atoms with Crippen LogP contribution in [0.25, 0.3) is 0 Å². The van der Waals surface area contributed by atoms with Crippen molar-refractivity contribution in [3.63, 3.8) is 0 Å². The number of unbranched alkanes of at least 4 members (excludes halogenated alkanes) is 5. The zero-order chi connectivity index (χ0) is 14.8. The normalized spacial score (nSPS) is 10.7. The Bertz CT molecular complexity index is 494. The summed E-state index contributed by atoms with van der Waals surface area (Å²) in [5.74, 6) is 0.757. The first kappa shape index (κ1) is 15.5. The van der Waals surface area contributed by atoms with Crippen LogP contribution >= 0.6 is 0 Å². The van der Waals surface area contributed by atoms with E-state index in [1.807, 2.05) is 22.9 Å². The molecule has 0 spiro atoms. The van der Waals surface area contributed by atoms with E-state index in [1.165, 1.54) is 37.7 Å². The lowest BCUT2D eigenvalue weighted by Gasteiger charge is -2.07. The summed E-state index contributed by atoms with van der Waals surface area (Å²) in [4.78, 5) is 0. The molecule has 1 aromatic heterocycles. The number of hydrogen-bond donors (Lipinski definition) is 1. The molecule has 0 saturated heterocycles. The fourth-order valence-corrected chi connectivity index (χ4v) is 2.30. The van der Waals surface area contributed by atoms with Crippen molar-refractivity contribution >= 4 is 5.95 Å². The molecule has 5 heteroatoms. The third kappa shape index (κ3) is 5.53. The first-order valence-corrected chi connectivity index (χ1v) is 7.94. The Balaban J connectivity index is 1.71. The molecule has 21 heavy (non-hydrogen) atoms. The monoisotopic (exact) mass is 287 g/mol. The molecule has 0 saturated carbocycles. The van der Waals surface area contributed by atoms with Crippen LogP contribution in [0.15, 0.2) is 30.3 Å². The van der Waals surface area contributed by atoms with Gasteiger partial charge in [0.05, 0.1) is 0 Å². The predicted octanol–water partition coefficient (Wildman–Crippen LogP) is 3.65. The van der Waals surface area contributed by atoms with Crippen molar-refractivity contribution in [2.24, 2.45) is 0 Å². The average molecular weight is 287 g/mol. The molecule has 1 heterocycles. The van der Waals surface area contributed by atoms with E-state index in [-0.39, 0.29) is 0 Å². The van der Waals surface area contributed by atoms with Crippen molar-refractivity contribution < 1.29 is 0 Å². The summed E-state index contributed by atoms with van der Waals surface area (Å²) in [7, 11) is 0. The maximum atomic E-state index is 4.06. The second-order valence-electron chi connectivity index (χ2n) is 5.33. The lowest BCUT2D eigenvalue weighted by Crippen LogP contribution is -2.09. The molecular weight excluding hydrogens is 262 g/mol. The summed E-state index contributed by atoms with van der Waals surface area (Å²) in [6, 6.07) is 10.3. The average Bonchev–Trinajstić information content (AvgIpc) is 2.97. The Kier molecular flexibility index (Phi) is 6.71. The smallest absolute Gasteiger partial charge is 0.243 e. The molecule has 0 aliphatic carbocycles. The number of hydrogen-bond acceptors (Lipinski definition) is 4. The van der Waals surface area contributed by atoms with Crippen LogP contribution in [-0.4, -0.2) is 20.2 Å². The van der Waals surface area contributed by atoms with Gasteiger partial charge in [-0.2, -0.15) is 0 Å². The van der Waals surface area contributed by atoms with Gasteiger partial charge in [0.15, 0.2) is 0 Å². The predicted molar refractivity (Wildman–Crippen MR) is 85.0 cm³/mol. The molecule has 0 bridgehead atoms. The molecule has 0 radical (unpaired) electrons. The van der Waals surface area contributed by atoms with Crippen LogP contribution < -0.4 is 5.32 Å². The number of anilines is 1. The van der Waals surface area contributed by atoms with Gasteiger partial charge in [-0.05, 0) is 22.4 Å². The first-order valence-electron chi connectivity index (χ1n) is 7.94. The molecule has 2 rings (SSSR count). The van der Waals surface area contributed by atoms with E-state index in [0.29, 0.717) is 0 Å². The minimum absolute atomic E-state index is 0.748. The van der Waals surface area contributed by atoms with Crippen molar-refractivity contribution in [1.29, 1.82) is 0 Å². The lowest BCUT2D eigenvalue weighted by atomic mass is 10.1. The summed E-state index contributed by atoms with van der Waals surface area (Å²) in [5.41, 5.74) is 1.23. The van der Waals surface area contributed by atoms with Gasteiger partial charge in [0.1, 0.15) is 0 Å². The Morgan fingerprint density at radius 3 is 2.57 bits per heavy atom. The van der Waals surface area contributed by atoms with Gasteiger partial charge in [0.25, 0.3) is 0 Å². The molecule has 2 aromatic rings. The van der Waals surface area contributed by atoms with Crippen molar-refractivity contribution in [3.8, 4) is 0 Å². The van der Waals surface area contributed by atoms with Crippen LogP contribution in [0, 0.1) is 0 Å². The number of nitrogens with zero attached hydrogens (tertiary/aromatic N) is 4. The molecule has 0 atom stereocenters. The molecule has 0 unspecified atom stereocenters. The van der Waals surface area contributed by atoms with Crippen LogP contribution in [0.2, 0.25) is 0 Å². The van der Waals surface area contributed by atoms with E-state index in [2.05, 4.69) is 39.9 Å². The summed E-state index contributed by atoms with van der Waals surface area (Å²) in [6.07, 6.45) is 7.66. The standard InChI is InChI=1S/C16H25N5/c1-2-3-4-5-6-10-13-21-16(18-19-20-21)17-14-15-11-8-7-9-12-15/h7-9,11-12H,2-6,10,13-14H2,1H3,(H,17,18,20). The van der Waals surface area contributed by atoms with E-state index in [1.54, 1.807) is 0 Å². The third-order valence-corrected chi connectivity index (χ3v) is 3.55. The second-order valence-corrected chi connectivity index (χ2v) is 5.33. The molecule has 0 aliphatic rings. The SMILES string of the molecule is CCCCCCCCn1nnnc1NCc1ccccc1. The van der Waals surface area contributed by atoms with E-state index >= 15 is 0 Å². The van der Waals surface area contributed by atoms with Crippen LogP contribution in [0.5, 0.6) is 0 Å². The highest BCUT2D eigenvalue weighted by atomic mass is 15.6. The summed E-state index contributed by atoms with van der Waals surface area (Å²) >= 11 is 0. The molecule has 0 amide bonds. The maximum Gasteiger partial charge on any atom is 0.243 e. The summed E-state index contributed by atoms with van der Waals surface area (Å²) in [5, 5.41) is 15.2. The fraction of sp³-hybridized carbons (Fsp3) is 0.562. The number of aryl methyl sites for hydroxylation is 1. The molecule has 1 N–H and O–H groups in total. The first-order chi connectivity index (χ1) is 10.4. The van der Waals surface area contributed by atoms with E-state index in [9.17, 15) is 0 Å². The van der Waals surface area contributed by atoms with Gasteiger partial charge in [0.2, 0.25) is 5.95 Å². The van der Waals surface area contributed by atoms with E-state index in [4.69, 9.17) is 0 Å². The van der Waals surface area contributed by atoms with Crippen LogP contribution in [-0.2, 0) is 13.1 Å². The Hall–Kier alpha value is -1.91. The number of rotatable bonds is 10. The Morgan fingerprint density at radius 1 is 1.00 bits per heavy atom. The molecular formula is C16H25N5. The number of aromatic nitrogens is 4. The van der Waals surface area contributed by atoms with Crippen molar-refractivity contribution in [1.82, 2.24) is 20.2 Å². The van der Waals surface area contributed by atoms with Gasteiger partial charge in [-0.25, -0.2) is 4.68 Å². The largest absolute Gasteiger partial charge is 0.349 e. The van der Waals surface area contributed by atoms with E-state index < -0.39 is 0 Å². The third-order valence-electron chi connectivity index (χ3n) is 3.55. The summed E-state index contributed by atoms with van der Waals surface area (Å²) in [6.45, 7) is 3.87. The molecule has 0 fully saturated rings. The van der Waals surface area contributed by atoms with Gasteiger partial charge < -0.3 is 5.32 Å². The van der Waals surface area contributed by atoms with Gasteiger partial charge in [-0.15, -0.1) is 0 Å². The van der Waals surface area contributed by atoms with Gasteiger partial charge in [-0.3, -0.25) is 0 Å². The highest BCUT2D eigenvalue weighted by molar-refractivity contribution is 5.25. The topological polar surface area (TPSA) is 55.6 Å². The van der Waals surface area contributed by atoms with E-state index in [0.717, 1.165) is 25.5 Å². The van der Waals surface area contributed by atoms with Crippen molar-refractivity contribution in [2.45, 2.75) is 58.5 Å². The van der Waals surface area contributed by atoms with Gasteiger partial charge in [0, 0.05) is 13.1 Å². The maximum absolute atomic E-state index is 4.06. The highest BCUT2D eigenvalue weighted by Gasteiger charge is 2.04. The zero-order valence-electron chi connectivity index (χ0n) is 12.8. The molecule has 5 nitrogen and oxygen atoms in total. The van der Waals surface area contributed by atoms with Gasteiger partial charge >= 0.3 is 0 Å². The Labute approximate surface area is 126 Å². The fourth-order valence-electron chi connectivity index (χ4n) is 2.30. The molecule has 1 aromatic carbocycles. The van der Waals surface area contributed by atoms with Gasteiger partial charge in [-0.1, -0.05) is 74.5 Å². The van der Waals surface area contributed by atoms with Crippen molar-refractivity contribution in [2.75, 3.05) is 5.32 Å². The quantitative estimate of drug-likeness (QED) is 0.678. The molecule has 0 aliphatic heterocycles. The minimum Gasteiger partial charge on any atom is -0.349 e. The van der Waals surface area contributed by atoms with Crippen LogP contribution in [0.4, 0.5) is 5.95 Å². The number of benzene rings is 1. The Morgan fingerprint density at radius 2 is 1.76 bits per heavy atom. The lowest BCUT2D eigenvalue weighted by molar-refractivity contribution is 0.519. The van der Waals surface area contributed by atoms with Crippen molar-refractivity contribution in [3.05, 3.63) is 35.9 Å².